The zero-order chi connectivity index (χ0) is 56.5. The topological polar surface area (TPSA) is 408 Å². The number of phenolic OH excluding ortho intramolecular Hbond substituents is 1. The molecule has 10 atom stereocenters. The first-order valence-corrected chi connectivity index (χ1v) is 26.3. The second kappa shape index (κ2) is 32.5. The summed E-state index contributed by atoms with van der Waals surface area (Å²) in [6, 6.07) is -7.33. The Kier molecular flexibility index (Phi) is 27.1. The van der Waals surface area contributed by atoms with E-state index in [0.717, 1.165) is 49.8 Å². The van der Waals surface area contributed by atoms with Gasteiger partial charge in [-0.15, -0.1) is 0 Å². The Bertz CT molecular complexity index is 2160. The summed E-state index contributed by atoms with van der Waals surface area (Å²) in [5.74, 6) is -11.2. The van der Waals surface area contributed by atoms with Gasteiger partial charge in [-0.05, 0) is 56.2 Å². The summed E-state index contributed by atoms with van der Waals surface area (Å²) < 4.78 is 0. The highest BCUT2D eigenvalue weighted by Crippen LogP contribution is 2.21. The number of phenols is 1. The minimum Gasteiger partial charge on any atom is -0.508 e. The number of aliphatic hydroxyl groups excluding tert-OH is 2. The van der Waals surface area contributed by atoms with Gasteiger partial charge in [-0.25, -0.2) is 0 Å². The van der Waals surface area contributed by atoms with Crippen LogP contribution in [-0.4, -0.2) is 158 Å². The van der Waals surface area contributed by atoms with Gasteiger partial charge >= 0.3 is 5.97 Å². The van der Waals surface area contributed by atoms with Gasteiger partial charge in [0.25, 0.3) is 0 Å². The number of benzene rings is 1. The van der Waals surface area contributed by atoms with Crippen LogP contribution in [0, 0.1) is 5.92 Å². The van der Waals surface area contributed by atoms with Crippen molar-refractivity contribution >= 4 is 65.0 Å². The minimum absolute atomic E-state index is 0.0151. The molecule has 2 fully saturated rings. The van der Waals surface area contributed by atoms with Crippen LogP contribution in [0.1, 0.15) is 142 Å². The summed E-state index contributed by atoms with van der Waals surface area (Å²) in [4.78, 5) is 149. The molecular formula is C51H80N10O15. The maximum absolute atomic E-state index is 14.3. The number of carbonyl (C=O) groups excluding carboxylic acids is 10. The molecule has 76 heavy (non-hydrogen) atoms. The van der Waals surface area contributed by atoms with Crippen LogP contribution in [0.15, 0.2) is 24.3 Å². The summed E-state index contributed by atoms with van der Waals surface area (Å²) in [6.45, 7) is 4.39. The summed E-state index contributed by atoms with van der Waals surface area (Å²) >= 11 is 0. The van der Waals surface area contributed by atoms with E-state index in [9.17, 15) is 73.2 Å². The van der Waals surface area contributed by atoms with E-state index in [2.05, 4.69) is 51.1 Å². The third-order valence-corrected chi connectivity index (χ3v) is 13.6. The van der Waals surface area contributed by atoms with Crippen molar-refractivity contribution in [2.45, 2.75) is 197 Å². The van der Waals surface area contributed by atoms with Crippen LogP contribution in [0.4, 0.5) is 0 Å². The van der Waals surface area contributed by atoms with Crippen molar-refractivity contribution in [2.24, 2.45) is 17.4 Å². The van der Waals surface area contributed by atoms with Gasteiger partial charge in [-0.3, -0.25) is 52.7 Å². The third kappa shape index (κ3) is 22.1. The highest BCUT2D eigenvalue weighted by atomic mass is 16.4. The molecule has 3 rings (SSSR count). The number of fused-ring (bicyclic) bond motifs is 1. The van der Waals surface area contributed by atoms with Gasteiger partial charge in [-0.2, -0.15) is 0 Å². The van der Waals surface area contributed by atoms with E-state index < -0.39 is 158 Å². The molecule has 0 aromatic heterocycles. The zero-order valence-corrected chi connectivity index (χ0v) is 43.8. The fraction of sp³-hybridized carbons (Fsp3) is 0.667. The van der Waals surface area contributed by atoms with Gasteiger partial charge in [0.15, 0.2) is 0 Å². The number of aliphatic hydroxyl groups is 2. The lowest BCUT2D eigenvalue weighted by Crippen LogP contribution is -2.61. The second-order valence-corrected chi connectivity index (χ2v) is 19.9. The molecule has 2 heterocycles. The lowest BCUT2D eigenvalue weighted by molar-refractivity contribution is -0.143. The van der Waals surface area contributed by atoms with Crippen LogP contribution in [-0.2, 0) is 59.2 Å². The Morgan fingerprint density at radius 2 is 1.20 bits per heavy atom. The lowest BCUT2D eigenvalue weighted by Gasteiger charge is -2.30. The van der Waals surface area contributed by atoms with E-state index in [0.29, 0.717) is 24.3 Å². The maximum Gasteiger partial charge on any atom is 0.303 e. The average molecular weight is 1070 g/mol. The number of unbranched alkanes of at least 4 members (excludes halogenated alkanes) is 7. The molecule has 15 N–H and O–H groups in total. The number of aromatic hydroxyl groups is 1. The van der Waals surface area contributed by atoms with Crippen molar-refractivity contribution in [3.8, 4) is 5.75 Å². The van der Waals surface area contributed by atoms with Crippen LogP contribution in [0.2, 0.25) is 0 Å². The summed E-state index contributed by atoms with van der Waals surface area (Å²) in [5.41, 5.74) is 11.4. The van der Waals surface area contributed by atoms with Gasteiger partial charge in [0.05, 0.1) is 25.6 Å². The molecule has 424 valence electrons. The van der Waals surface area contributed by atoms with Crippen molar-refractivity contribution in [1.82, 2.24) is 42.1 Å². The predicted octanol–water partition coefficient (Wildman–Crippen LogP) is -1.34. The molecule has 10 amide bonds. The Labute approximate surface area is 442 Å². The third-order valence-electron chi connectivity index (χ3n) is 13.6. The number of rotatable bonds is 23. The Morgan fingerprint density at radius 1 is 0.658 bits per heavy atom. The molecule has 2 aliphatic rings. The molecular weight excluding hydrogens is 993 g/mol. The summed E-state index contributed by atoms with van der Waals surface area (Å²) in [7, 11) is 0. The lowest BCUT2D eigenvalue weighted by atomic mass is 9.99. The second-order valence-electron chi connectivity index (χ2n) is 19.9. The normalized spacial score (nSPS) is 24.7. The van der Waals surface area contributed by atoms with Crippen LogP contribution >= 0.6 is 0 Å². The van der Waals surface area contributed by atoms with E-state index >= 15 is 0 Å². The van der Waals surface area contributed by atoms with Crippen LogP contribution in [0.25, 0.3) is 0 Å². The largest absolute Gasteiger partial charge is 0.508 e. The van der Waals surface area contributed by atoms with E-state index in [-0.39, 0.29) is 38.0 Å². The smallest absolute Gasteiger partial charge is 0.303 e. The van der Waals surface area contributed by atoms with Gasteiger partial charge < -0.3 is 74.0 Å². The molecule has 1 aromatic carbocycles. The Hall–Kier alpha value is -6.89. The fourth-order valence-corrected chi connectivity index (χ4v) is 9.01. The van der Waals surface area contributed by atoms with E-state index in [1.54, 1.807) is 0 Å². The molecule has 2 aliphatic heterocycles. The van der Waals surface area contributed by atoms with E-state index in [4.69, 9.17) is 11.5 Å². The highest BCUT2D eigenvalue weighted by Gasteiger charge is 2.41. The number of nitrogens with zero attached hydrogens (tertiary/aromatic N) is 1. The first-order valence-electron chi connectivity index (χ1n) is 26.3. The van der Waals surface area contributed by atoms with Crippen molar-refractivity contribution in [3.63, 3.8) is 0 Å². The van der Waals surface area contributed by atoms with Crippen molar-refractivity contribution in [3.05, 3.63) is 29.8 Å². The number of carboxylic acids is 1. The van der Waals surface area contributed by atoms with Crippen molar-refractivity contribution < 1.29 is 73.2 Å². The Balaban J connectivity index is 2.07. The number of hydrogen-bond acceptors (Lipinski definition) is 14. The Morgan fingerprint density at radius 3 is 1.79 bits per heavy atom. The minimum atomic E-state index is -1.84. The van der Waals surface area contributed by atoms with Crippen LogP contribution < -0.4 is 48.7 Å². The highest BCUT2D eigenvalue weighted by molar-refractivity contribution is 6.00. The van der Waals surface area contributed by atoms with Gasteiger partial charge in [0.1, 0.15) is 48.0 Å². The first kappa shape index (κ1) is 63.4. The fourth-order valence-electron chi connectivity index (χ4n) is 9.01. The number of carboxylic acid groups (broad SMARTS) is 1. The average Bonchev–Trinajstić information content (AvgIpc) is 3.85. The molecule has 2 saturated heterocycles. The number of nitrogens with one attached hydrogen (secondary N) is 7. The quantitative estimate of drug-likeness (QED) is 0.0564. The van der Waals surface area contributed by atoms with E-state index in [1.165, 1.54) is 37.6 Å². The number of aliphatic carboxylic acids is 1. The van der Waals surface area contributed by atoms with Crippen LogP contribution in [0.3, 0.4) is 0 Å². The van der Waals surface area contributed by atoms with Gasteiger partial charge in [0.2, 0.25) is 59.1 Å². The van der Waals surface area contributed by atoms with Crippen molar-refractivity contribution in [2.75, 3.05) is 13.2 Å². The molecule has 0 aliphatic carbocycles. The number of carbonyl (C=O) groups is 11. The monoisotopic (exact) mass is 1070 g/mol. The first-order chi connectivity index (χ1) is 36.0. The molecule has 0 radical (unpaired) electrons. The molecule has 25 heteroatoms. The molecule has 10 unspecified atom stereocenters. The van der Waals surface area contributed by atoms with Crippen molar-refractivity contribution in [1.29, 1.82) is 0 Å². The zero-order valence-electron chi connectivity index (χ0n) is 43.8. The SMILES string of the molecule is CCC(C)CCCCCCCCCCC1CC(=O)NC(CC(N)=O)C(=O)NC(Cc2ccc(O)cc2)C(=O)NC(CC(N)=O)C(=O)N2CCCC2C(=O)NC(CCC(=O)O)C(=O)NC(CO)C(=O)NC(C(C)O)C(=O)N1. The van der Waals surface area contributed by atoms with Crippen LogP contribution in [0.5, 0.6) is 5.75 Å². The van der Waals surface area contributed by atoms with E-state index in [1.807, 2.05) is 0 Å². The summed E-state index contributed by atoms with van der Waals surface area (Å²) in [6.07, 6.45) is 4.79. The summed E-state index contributed by atoms with van der Waals surface area (Å²) in [5, 5.41) is 57.5. The molecule has 0 bridgehead atoms. The number of primary amides is 2. The maximum atomic E-state index is 14.3. The standard InChI is InChI=1S/C51H80N10O15/c1-4-29(2)14-11-9-7-5-6-8-10-12-15-32-25-42(67)55-36(26-40(52)65)47(72)57-35(24-31-17-19-33(64)20-18-31)46(71)58-37(27-41(53)66)51(76)61-23-13-16-39(61)49(74)56-34(21-22-43(68)69)45(70)59-38(28-62)48(73)60-44(30(3)63)50(75)54-32/h17-20,29-30,32,34-39,44,62-64H,4-16,21-28H2,1-3H3,(H2,52,65)(H2,53,66)(H,54,75)(H,55,67)(H,56,74)(H,57,72)(H,58,71)(H,59,70)(H,60,73)(H,68,69). The van der Waals surface area contributed by atoms with Gasteiger partial charge in [0, 0.05) is 31.8 Å². The molecule has 0 spiro atoms. The van der Waals surface area contributed by atoms with Gasteiger partial charge in [-0.1, -0.05) is 90.2 Å². The number of hydrogen-bond donors (Lipinski definition) is 13. The number of amides is 10. The molecule has 25 nitrogen and oxygen atoms in total. The molecule has 0 saturated carbocycles. The molecule has 1 aromatic rings. The number of nitrogens with two attached hydrogens (primary N) is 2. The predicted molar refractivity (Wildman–Crippen MR) is 274 cm³/mol.